The Hall–Kier alpha value is -6.99. The van der Waals surface area contributed by atoms with Gasteiger partial charge in [0, 0.05) is 73.5 Å². The summed E-state index contributed by atoms with van der Waals surface area (Å²) < 4.78 is 7.46. The second-order valence-corrected chi connectivity index (χ2v) is 16.6. The van der Waals surface area contributed by atoms with Crippen LogP contribution in [0.1, 0.15) is 0 Å². The summed E-state index contributed by atoms with van der Waals surface area (Å²) in [6.45, 7) is 0. The zero-order chi connectivity index (χ0) is 37.5. The quantitative estimate of drug-likeness (QED) is 0.175. The summed E-state index contributed by atoms with van der Waals surface area (Å²) in [4.78, 5) is 14.9. The van der Waals surface area contributed by atoms with Crippen molar-refractivity contribution in [1.29, 1.82) is 0 Å². The van der Waals surface area contributed by atoms with Gasteiger partial charge in [-0.1, -0.05) is 127 Å². The zero-order valence-corrected chi connectivity index (χ0v) is 32.1. The Balaban J connectivity index is 0.989. The summed E-state index contributed by atoms with van der Waals surface area (Å²) in [7, 11) is 0. The van der Waals surface area contributed by atoms with Gasteiger partial charge < -0.3 is 4.57 Å². The fourth-order valence-electron chi connectivity index (χ4n) is 8.42. The van der Waals surface area contributed by atoms with Crippen molar-refractivity contribution < 1.29 is 0 Å². The van der Waals surface area contributed by atoms with Crippen molar-refractivity contribution in [3.8, 4) is 51.0 Å². The highest BCUT2D eigenvalue weighted by molar-refractivity contribution is 7.26. The summed E-state index contributed by atoms with van der Waals surface area (Å²) in [5, 5.41) is 7.63. The van der Waals surface area contributed by atoms with E-state index in [0.717, 1.165) is 16.7 Å². The molecular weight excluding hydrogens is 733 g/mol. The first-order chi connectivity index (χ1) is 28.2. The second kappa shape index (κ2) is 12.8. The van der Waals surface area contributed by atoms with Gasteiger partial charge in [0.05, 0.1) is 11.0 Å². The Labute approximate surface area is 335 Å². The highest BCUT2D eigenvalue weighted by atomic mass is 32.1. The van der Waals surface area contributed by atoms with Gasteiger partial charge in [-0.05, 0) is 65.7 Å². The van der Waals surface area contributed by atoms with Crippen LogP contribution in [-0.4, -0.2) is 19.5 Å². The molecule has 57 heavy (non-hydrogen) atoms. The summed E-state index contributed by atoms with van der Waals surface area (Å²) in [5.41, 5.74) is 8.98. The Morgan fingerprint density at radius 3 is 1.58 bits per heavy atom. The van der Waals surface area contributed by atoms with Crippen molar-refractivity contribution >= 4 is 84.8 Å². The third-order valence-electron chi connectivity index (χ3n) is 11.1. The SMILES string of the molecule is c1ccc(-c2nc(-c3ccccc3)nc(-c3ccc4c(c3)sc3cccc(-c5ccc6sc7ccc(-n8c9ccccc9c9ccccc98)cc7c6c5)c34)n2)cc1. The van der Waals surface area contributed by atoms with Gasteiger partial charge >= 0.3 is 0 Å². The van der Waals surface area contributed by atoms with Gasteiger partial charge in [-0.25, -0.2) is 15.0 Å². The Kier molecular flexibility index (Phi) is 7.24. The van der Waals surface area contributed by atoms with Gasteiger partial charge in [-0.15, -0.1) is 22.7 Å². The summed E-state index contributed by atoms with van der Waals surface area (Å²) >= 11 is 3.68. The van der Waals surface area contributed by atoms with E-state index in [1.54, 1.807) is 0 Å². The molecule has 4 aromatic heterocycles. The lowest BCUT2D eigenvalue weighted by atomic mass is 9.97. The molecule has 0 aliphatic heterocycles. The number of rotatable bonds is 5. The molecule has 6 heteroatoms. The number of para-hydroxylation sites is 2. The molecule has 0 radical (unpaired) electrons. The summed E-state index contributed by atoms with van der Waals surface area (Å²) in [6, 6.07) is 65.0. The maximum Gasteiger partial charge on any atom is 0.164 e. The van der Waals surface area contributed by atoms with E-state index in [9.17, 15) is 0 Å². The Morgan fingerprint density at radius 1 is 0.333 bits per heavy atom. The molecule has 12 aromatic rings. The molecule has 0 aliphatic rings. The van der Waals surface area contributed by atoms with Crippen LogP contribution in [-0.2, 0) is 0 Å². The molecule has 0 unspecified atom stereocenters. The molecule has 12 rings (SSSR count). The predicted octanol–water partition coefficient (Wildman–Crippen LogP) is 14.4. The van der Waals surface area contributed by atoms with Crippen LogP contribution >= 0.6 is 22.7 Å². The third kappa shape index (κ3) is 5.22. The highest BCUT2D eigenvalue weighted by Crippen LogP contribution is 2.44. The van der Waals surface area contributed by atoms with E-state index in [-0.39, 0.29) is 0 Å². The van der Waals surface area contributed by atoms with Gasteiger partial charge in [0.15, 0.2) is 17.5 Å². The monoisotopic (exact) mass is 762 g/mol. The average molecular weight is 763 g/mol. The van der Waals surface area contributed by atoms with E-state index in [4.69, 9.17) is 15.0 Å². The Morgan fingerprint density at radius 2 is 0.895 bits per heavy atom. The first kappa shape index (κ1) is 32.3. The third-order valence-corrected chi connectivity index (χ3v) is 13.3. The number of aromatic nitrogens is 4. The van der Waals surface area contributed by atoms with Crippen molar-refractivity contribution in [2.24, 2.45) is 0 Å². The molecule has 0 saturated heterocycles. The first-order valence-electron chi connectivity index (χ1n) is 19.0. The average Bonchev–Trinajstić information content (AvgIpc) is 3.95. The lowest BCUT2D eigenvalue weighted by Crippen LogP contribution is -1.99. The van der Waals surface area contributed by atoms with E-state index in [1.807, 2.05) is 83.3 Å². The predicted molar refractivity (Wildman–Crippen MR) is 242 cm³/mol. The lowest BCUT2D eigenvalue weighted by molar-refractivity contribution is 1.07. The lowest BCUT2D eigenvalue weighted by Gasteiger charge is -2.09. The molecule has 4 nitrogen and oxygen atoms in total. The molecule has 0 N–H and O–H groups in total. The number of fused-ring (bicyclic) bond motifs is 9. The van der Waals surface area contributed by atoms with Crippen LogP contribution in [0.3, 0.4) is 0 Å². The maximum absolute atomic E-state index is 5.01. The molecule has 266 valence electrons. The molecule has 0 spiro atoms. The van der Waals surface area contributed by atoms with Crippen molar-refractivity contribution in [2.75, 3.05) is 0 Å². The number of hydrogen-bond donors (Lipinski definition) is 0. The molecular formula is C51H30N4S2. The topological polar surface area (TPSA) is 43.6 Å². The molecule has 0 bridgehead atoms. The standard InChI is InChI=1S/C51H30N4S2/c1-3-12-31(13-4-1)49-52-50(32-14-5-2-6-15-32)54-51(53-49)34-22-25-39-47(29-34)57-46-21-11-18-36(48(39)46)33-23-26-44-40(28-33)41-30-35(24-27-45(41)56-44)55-42-19-9-7-16-37(42)38-17-8-10-20-43(38)55/h1-30H. The Bertz CT molecular complexity index is 3410. The van der Waals surface area contributed by atoms with Gasteiger partial charge in [-0.2, -0.15) is 0 Å². The van der Waals surface area contributed by atoms with E-state index in [2.05, 4.69) is 126 Å². The van der Waals surface area contributed by atoms with Crippen LogP contribution in [0.4, 0.5) is 0 Å². The number of nitrogens with zero attached hydrogens (tertiary/aromatic N) is 4. The highest BCUT2D eigenvalue weighted by Gasteiger charge is 2.18. The molecule has 0 amide bonds. The van der Waals surface area contributed by atoms with Crippen LogP contribution in [0.5, 0.6) is 0 Å². The summed E-state index contributed by atoms with van der Waals surface area (Å²) in [6.07, 6.45) is 0. The smallest absolute Gasteiger partial charge is 0.164 e. The maximum atomic E-state index is 5.01. The van der Waals surface area contributed by atoms with Crippen molar-refractivity contribution in [2.45, 2.75) is 0 Å². The minimum atomic E-state index is 0.664. The van der Waals surface area contributed by atoms with Gasteiger partial charge in [0.1, 0.15) is 0 Å². The number of thiophene rings is 2. The molecule has 0 aliphatic carbocycles. The van der Waals surface area contributed by atoms with Crippen molar-refractivity contribution in [1.82, 2.24) is 19.5 Å². The molecule has 0 atom stereocenters. The van der Waals surface area contributed by atoms with Crippen LogP contribution in [0.2, 0.25) is 0 Å². The molecule has 0 saturated carbocycles. The van der Waals surface area contributed by atoms with Crippen LogP contribution in [0, 0.1) is 0 Å². The van der Waals surface area contributed by atoms with Crippen LogP contribution in [0.25, 0.3) is 113 Å². The number of hydrogen-bond acceptors (Lipinski definition) is 5. The van der Waals surface area contributed by atoms with E-state index >= 15 is 0 Å². The van der Waals surface area contributed by atoms with Gasteiger partial charge in [-0.3, -0.25) is 0 Å². The van der Waals surface area contributed by atoms with E-state index in [1.165, 1.54) is 79.0 Å². The molecule has 4 heterocycles. The molecule has 0 fully saturated rings. The van der Waals surface area contributed by atoms with Crippen LogP contribution in [0.15, 0.2) is 182 Å². The first-order valence-corrected chi connectivity index (χ1v) is 20.6. The minimum absolute atomic E-state index is 0.664. The van der Waals surface area contributed by atoms with Gasteiger partial charge in [0.2, 0.25) is 0 Å². The normalized spacial score (nSPS) is 11.9. The van der Waals surface area contributed by atoms with Crippen molar-refractivity contribution in [3.05, 3.63) is 182 Å². The van der Waals surface area contributed by atoms with Crippen LogP contribution < -0.4 is 0 Å². The van der Waals surface area contributed by atoms with E-state index < -0.39 is 0 Å². The zero-order valence-electron chi connectivity index (χ0n) is 30.4. The van der Waals surface area contributed by atoms with Gasteiger partial charge in [0.25, 0.3) is 0 Å². The molecule has 8 aromatic carbocycles. The largest absolute Gasteiger partial charge is 0.309 e. The number of benzene rings is 8. The fourth-order valence-corrected chi connectivity index (χ4v) is 10.7. The van der Waals surface area contributed by atoms with E-state index in [0.29, 0.717) is 17.5 Å². The minimum Gasteiger partial charge on any atom is -0.309 e. The summed E-state index contributed by atoms with van der Waals surface area (Å²) in [5.74, 6) is 1.99. The van der Waals surface area contributed by atoms with Crippen molar-refractivity contribution in [3.63, 3.8) is 0 Å². The fraction of sp³-hybridized carbons (Fsp3) is 0. The second-order valence-electron chi connectivity index (χ2n) is 14.4.